The van der Waals surface area contributed by atoms with Gasteiger partial charge in [0.1, 0.15) is 0 Å². The fourth-order valence-corrected chi connectivity index (χ4v) is 2.04. The van der Waals surface area contributed by atoms with E-state index in [2.05, 4.69) is 4.99 Å². The molecule has 0 N–H and O–H groups in total. The van der Waals surface area contributed by atoms with Gasteiger partial charge in [0.25, 0.3) is 0 Å². The third-order valence-electron chi connectivity index (χ3n) is 2.61. The smallest absolute Gasteiger partial charge is 0.0329 e. The Morgan fingerprint density at radius 3 is 2.65 bits per heavy atom. The van der Waals surface area contributed by atoms with Gasteiger partial charge in [0, 0.05) is 25.2 Å². The van der Waals surface area contributed by atoms with Crippen molar-refractivity contribution in [2.45, 2.75) is 0 Å². The summed E-state index contributed by atoms with van der Waals surface area (Å²) in [6, 6.07) is 9.77. The summed E-state index contributed by atoms with van der Waals surface area (Å²) in [5.74, 6) is -0.00162. The largest absolute Gasteiger partial charge is 0.540 e. The van der Waals surface area contributed by atoms with Crippen LogP contribution < -0.4 is 0 Å². The number of benzene rings is 1. The number of aliphatic imine (C=N–C) groups is 1. The quantitative estimate of drug-likeness (QED) is 0.469. The molecule has 0 aliphatic heterocycles. The van der Waals surface area contributed by atoms with Gasteiger partial charge in [0.05, 0.1) is 0 Å². The summed E-state index contributed by atoms with van der Waals surface area (Å²) in [5, 5.41) is 0.682. The van der Waals surface area contributed by atoms with Crippen LogP contribution in [0.4, 0.5) is 0 Å². The van der Waals surface area contributed by atoms with Gasteiger partial charge in [-0.2, -0.15) is 6.08 Å². The number of allylic oxidation sites excluding steroid dienone is 4. The first-order chi connectivity index (χ1) is 8.81. The first-order valence-corrected chi connectivity index (χ1v) is 6.02. The average Bonchev–Trinajstić information content (AvgIpc) is 2.40. The summed E-state index contributed by atoms with van der Waals surface area (Å²) in [6.07, 6.45) is 9.44. The van der Waals surface area contributed by atoms with E-state index in [0.717, 1.165) is 11.3 Å². The molecule has 102 valence electrons. The third-order valence-corrected chi connectivity index (χ3v) is 2.86. The molecular formula is C16H15ClNOZn-3. The number of nitrogens with zero attached hydrogens (tertiary/aromatic N) is 1. The molecule has 1 atom stereocenters. The van der Waals surface area contributed by atoms with E-state index in [0.29, 0.717) is 5.03 Å². The second-order valence-corrected chi connectivity index (χ2v) is 4.28. The number of halogens is 1. The van der Waals surface area contributed by atoms with E-state index in [-0.39, 0.29) is 39.4 Å². The molecule has 20 heavy (non-hydrogen) atoms. The predicted octanol–water partition coefficient (Wildman–Crippen LogP) is 3.55. The SMILES string of the molecule is O=[C-]CN=C(c1ccccc1)C1C=C(Cl)C=C[CH-]1.[CH3-].[Zn]. The van der Waals surface area contributed by atoms with Crippen molar-refractivity contribution in [2.24, 2.45) is 10.9 Å². The van der Waals surface area contributed by atoms with Crippen molar-refractivity contribution >= 4 is 23.6 Å². The molecular weight excluding hydrogens is 323 g/mol. The second kappa shape index (κ2) is 9.68. The topological polar surface area (TPSA) is 29.4 Å². The summed E-state index contributed by atoms with van der Waals surface area (Å²) in [5.41, 5.74) is 1.83. The van der Waals surface area contributed by atoms with Crippen molar-refractivity contribution in [3.8, 4) is 0 Å². The van der Waals surface area contributed by atoms with Crippen molar-refractivity contribution in [1.82, 2.24) is 0 Å². The van der Waals surface area contributed by atoms with E-state index in [1.54, 1.807) is 6.29 Å². The molecule has 0 spiro atoms. The maximum Gasteiger partial charge on any atom is 0.0329 e. The Kier molecular flexibility index (Phi) is 9.11. The first-order valence-electron chi connectivity index (χ1n) is 5.65. The minimum Gasteiger partial charge on any atom is -0.540 e. The van der Waals surface area contributed by atoms with E-state index in [1.807, 2.05) is 55.0 Å². The first kappa shape index (κ1) is 18.8. The number of rotatable bonds is 4. The van der Waals surface area contributed by atoms with Crippen LogP contribution in [-0.4, -0.2) is 18.5 Å². The van der Waals surface area contributed by atoms with Gasteiger partial charge in [-0.25, -0.2) is 18.8 Å². The van der Waals surface area contributed by atoms with Crippen LogP contribution in [0.3, 0.4) is 0 Å². The molecule has 1 aliphatic carbocycles. The van der Waals surface area contributed by atoms with E-state index in [9.17, 15) is 4.79 Å². The molecule has 0 bridgehead atoms. The van der Waals surface area contributed by atoms with Gasteiger partial charge in [0.15, 0.2) is 0 Å². The summed E-state index contributed by atoms with van der Waals surface area (Å²) in [4.78, 5) is 14.7. The molecule has 1 aromatic rings. The number of carbonyl (C=O) groups excluding carboxylic acids is 1. The molecule has 2 nitrogen and oxygen atoms in total. The molecule has 0 saturated carbocycles. The Morgan fingerprint density at radius 1 is 1.35 bits per heavy atom. The Morgan fingerprint density at radius 2 is 2.05 bits per heavy atom. The van der Waals surface area contributed by atoms with E-state index in [1.165, 1.54) is 0 Å². The molecule has 2 rings (SSSR count). The Labute approximate surface area is 138 Å². The van der Waals surface area contributed by atoms with Crippen molar-refractivity contribution in [3.63, 3.8) is 0 Å². The Hall–Kier alpha value is -1.18. The number of hydrogen-bond acceptors (Lipinski definition) is 2. The number of hydrogen-bond donors (Lipinski definition) is 0. The van der Waals surface area contributed by atoms with Crippen LogP contribution in [-0.2, 0) is 24.3 Å². The van der Waals surface area contributed by atoms with Gasteiger partial charge >= 0.3 is 0 Å². The summed E-state index contributed by atoms with van der Waals surface area (Å²) >= 11 is 6.00. The van der Waals surface area contributed by atoms with E-state index >= 15 is 0 Å². The van der Waals surface area contributed by atoms with Gasteiger partial charge in [-0.15, -0.1) is 11.6 Å². The molecule has 0 heterocycles. The van der Waals surface area contributed by atoms with Crippen LogP contribution in [0.1, 0.15) is 5.56 Å². The van der Waals surface area contributed by atoms with Gasteiger partial charge in [-0.05, 0) is 16.5 Å². The van der Waals surface area contributed by atoms with Gasteiger partial charge in [-0.1, -0.05) is 43.0 Å². The molecule has 1 aliphatic rings. The van der Waals surface area contributed by atoms with E-state index < -0.39 is 0 Å². The van der Waals surface area contributed by atoms with Gasteiger partial charge < -0.3 is 17.2 Å². The minimum atomic E-state index is -0.00162. The third kappa shape index (κ3) is 5.07. The average molecular weight is 338 g/mol. The predicted molar refractivity (Wildman–Crippen MR) is 80.8 cm³/mol. The zero-order valence-corrected chi connectivity index (χ0v) is 15.1. The molecule has 0 saturated heterocycles. The van der Waals surface area contributed by atoms with Crippen molar-refractivity contribution in [3.05, 3.63) is 73.0 Å². The van der Waals surface area contributed by atoms with Gasteiger partial charge in [0.2, 0.25) is 0 Å². The maximum absolute atomic E-state index is 10.4. The minimum absolute atomic E-state index is 0. The molecule has 0 aromatic heterocycles. The van der Waals surface area contributed by atoms with E-state index in [4.69, 9.17) is 11.6 Å². The molecule has 0 radical (unpaired) electrons. The summed E-state index contributed by atoms with van der Waals surface area (Å²) in [7, 11) is 0. The Bertz CT molecular complexity index is 508. The molecule has 1 unspecified atom stereocenters. The van der Waals surface area contributed by atoms with Crippen LogP contribution in [0.25, 0.3) is 0 Å². The summed E-state index contributed by atoms with van der Waals surface area (Å²) in [6.45, 7) is 0.0454. The molecule has 4 heteroatoms. The fourth-order valence-electron chi connectivity index (χ4n) is 1.84. The normalized spacial score (nSPS) is 17.1. The van der Waals surface area contributed by atoms with Crippen LogP contribution >= 0.6 is 11.6 Å². The van der Waals surface area contributed by atoms with Crippen molar-refractivity contribution in [2.75, 3.05) is 6.54 Å². The van der Waals surface area contributed by atoms with Crippen LogP contribution in [0.5, 0.6) is 0 Å². The van der Waals surface area contributed by atoms with Crippen LogP contribution in [0, 0.1) is 19.8 Å². The van der Waals surface area contributed by atoms with Crippen LogP contribution in [0.2, 0.25) is 0 Å². The zero-order chi connectivity index (χ0) is 12.8. The van der Waals surface area contributed by atoms with Crippen molar-refractivity contribution in [1.29, 1.82) is 0 Å². The Balaban J connectivity index is 0.00000180. The van der Waals surface area contributed by atoms with Gasteiger partial charge in [-0.3, -0.25) is 0 Å². The zero-order valence-electron chi connectivity index (χ0n) is 11.4. The maximum atomic E-state index is 10.4. The van der Waals surface area contributed by atoms with Crippen LogP contribution in [0.15, 0.2) is 58.6 Å². The molecule has 0 amide bonds. The monoisotopic (exact) mass is 336 g/mol. The standard InChI is InChI=1S/C15H12ClNO.CH3.Zn/c16-14-8-4-7-13(11-14)15(17-9-10-18)12-5-2-1-3-6-12;;/h1-8,11,13H,9H2;1H3;/q-2;-1;. The summed E-state index contributed by atoms with van der Waals surface area (Å²) < 4.78 is 0. The molecule has 1 aromatic carbocycles. The van der Waals surface area contributed by atoms with Crippen molar-refractivity contribution < 1.29 is 24.3 Å². The fraction of sp³-hybridized carbons (Fsp3) is 0.125. The molecule has 0 fully saturated rings. The second-order valence-electron chi connectivity index (χ2n) is 3.84.